The van der Waals surface area contributed by atoms with Gasteiger partial charge < -0.3 is 25.0 Å². The molecule has 10 nitrogen and oxygen atoms in total. The molecule has 12 heteroatoms. The number of rotatable bonds is 5. The maximum Gasteiger partial charge on any atom is 0.248 e. The molecule has 2 fully saturated rings. The van der Waals surface area contributed by atoms with Crippen LogP contribution in [0.25, 0.3) is 11.1 Å². The lowest BCUT2D eigenvalue weighted by atomic mass is 9.71. The molecule has 1 saturated carbocycles. The van der Waals surface area contributed by atoms with Gasteiger partial charge in [-0.1, -0.05) is 0 Å². The standard InChI is InChI=1S/C26H29F2N7O3/c1-29-23(36)15-5-8-34-11-16(9-18(27)22(34)30-10-15)20-19(28)12-35-21(20)24(37-2)32-25(33-35)31-17-3-6-26(7-4-17)13-38-14-26/h9-12,17H,3-8,13-14H2,1-2H3,(H,29,36)(H,31,33). The molecule has 1 spiro atoms. The van der Waals surface area contributed by atoms with Crippen molar-refractivity contribution in [3.8, 4) is 5.88 Å². The van der Waals surface area contributed by atoms with E-state index in [4.69, 9.17) is 9.47 Å². The lowest BCUT2D eigenvalue weighted by Crippen LogP contribution is -2.47. The number of carbonyl (C=O) groups excluding carboxylic acids is 1. The van der Waals surface area contributed by atoms with E-state index in [0.717, 1.165) is 38.9 Å². The van der Waals surface area contributed by atoms with Gasteiger partial charge >= 0.3 is 0 Å². The predicted octanol–water partition coefficient (Wildman–Crippen LogP) is 3.19. The fourth-order valence-electron chi connectivity index (χ4n) is 5.56. The molecule has 1 aliphatic carbocycles. The number of hydrogen-bond acceptors (Lipinski definition) is 8. The van der Waals surface area contributed by atoms with Gasteiger partial charge in [0.25, 0.3) is 0 Å². The highest BCUT2D eigenvalue weighted by atomic mass is 19.1. The van der Waals surface area contributed by atoms with Crippen LogP contribution in [0, 0.1) is 11.2 Å². The topological polar surface area (TPSA) is 105 Å². The Labute approximate surface area is 218 Å². The number of methoxy groups -OCH3 is 1. The molecule has 0 bridgehead atoms. The number of likely N-dealkylation sites (N-methyl/N-ethyl adjacent to an activating group) is 1. The van der Waals surface area contributed by atoms with Crippen molar-refractivity contribution in [3.63, 3.8) is 0 Å². The van der Waals surface area contributed by atoms with Crippen LogP contribution in [0.4, 0.5) is 14.7 Å². The maximum absolute atomic E-state index is 15.4. The maximum atomic E-state index is 15.4. The van der Waals surface area contributed by atoms with Crippen molar-refractivity contribution in [1.29, 1.82) is 0 Å². The van der Waals surface area contributed by atoms with Gasteiger partial charge in [-0.15, -0.1) is 5.10 Å². The van der Waals surface area contributed by atoms with Crippen molar-refractivity contribution in [3.05, 3.63) is 47.5 Å². The molecular formula is C26H29F2N7O3. The van der Waals surface area contributed by atoms with Gasteiger partial charge in [-0.05, 0) is 38.2 Å². The number of fused-ring (bicyclic) bond motifs is 2. The average Bonchev–Trinajstić information content (AvgIpc) is 3.08. The highest BCUT2D eigenvalue weighted by Gasteiger charge is 2.41. The summed E-state index contributed by atoms with van der Waals surface area (Å²) in [4.78, 5) is 22.3. The molecule has 1 saturated heterocycles. The first-order valence-corrected chi connectivity index (χ1v) is 12.7. The number of anilines is 1. The number of hydrogen-bond donors (Lipinski definition) is 2. The van der Waals surface area contributed by atoms with E-state index in [-0.39, 0.29) is 34.8 Å². The smallest absolute Gasteiger partial charge is 0.248 e. The number of nitrogens with zero attached hydrogens (tertiary/aromatic N) is 5. The fourth-order valence-corrected chi connectivity index (χ4v) is 5.56. The molecule has 0 atom stereocenters. The fraction of sp³-hybridized carbons (Fsp3) is 0.462. The van der Waals surface area contributed by atoms with E-state index in [0.29, 0.717) is 35.4 Å². The first kappa shape index (κ1) is 24.5. The second-order valence-electron chi connectivity index (χ2n) is 10.2. The quantitative estimate of drug-likeness (QED) is 0.618. The van der Waals surface area contributed by atoms with Crippen molar-refractivity contribution in [2.45, 2.75) is 38.1 Å². The van der Waals surface area contributed by atoms with Crippen LogP contribution >= 0.6 is 0 Å². The molecule has 5 heterocycles. The molecule has 4 aliphatic rings. The summed E-state index contributed by atoms with van der Waals surface area (Å²) in [6, 6.07) is 0.204. The summed E-state index contributed by atoms with van der Waals surface area (Å²) in [6.45, 7) is 1.97. The number of aromatic nitrogens is 3. The summed E-state index contributed by atoms with van der Waals surface area (Å²) in [7, 11) is 2.98. The Bertz CT molecular complexity index is 1410. The zero-order valence-corrected chi connectivity index (χ0v) is 21.3. The first-order valence-electron chi connectivity index (χ1n) is 12.7. The minimum absolute atomic E-state index is 0.0639. The number of carbonyl (C=O) groups is 1. The lowest BCUT2D eigenvalue weighted by molar-refractivity contribution is -0.131. The molecule has 2 aromatic rings. The third kappa shape index (κ3) is 4.22. The second kappa shape index (κ2) is 9.50. The van der Waals surface area contributed by atoms with E-state index >= 15 is 8.78 Å². The Morgan fingerprint density at radius 3 is 2.74 bits per heavy atom. The molecule has 2 aromatic heterocycles. The minimum atomic E-state index is -0.638. The van der Waals surface area contributed by atoms with Gasteiger partial charge in [0, 0.05) is 48.6 Å². The monoisotopic (exact) mass is 525 g/mol. The molecule has 200 valence electrons. The number of allylic oxidation sites excluding steroid dienone is 2. The number of amides is 1. The van der Waals surface area contributed by atoms with E-state index < -0.39 is 11.6 Å². The van der Waals surface area contributed by atoms with Gasteiger partial charge in [-0.3, -0.25) is 4.79 Å². The molecule has 38 heavy (non-hydrogen) atoms. The Hall–Kier alpha value is -3.80. The molecule has 0 unspecified atom stereocenters. The molecule has 3 aliphatic heterocycles. The summed E-state index contributed by atoms with van der Waals surface area (Å²) in [5, 5.41) is 10.4. The van der Waals surface area contributed by atoms with Crippen LogP contribution in [0.1, 0.15) is 37.7 Å². The van der Waals surface area contributed by atoms with Crippen LogP contribution in [0.2, 0.25) is 0 Å². The van der Waals surface area contributed by atoms with E-state index in [1.165, 1.54) is 37.1 Å². The summed E-state index contributed by atoms with van der Waals surface area (Å²) in [5.74, 6) is -0.919. The number of halogens is 2. The SMILES string of the molecule is CNC(=O)C1=CN=C2C(F)=CC(c3c(F)cn4nc(NC5CCC6(CC5)COC6)nc(OC)c34)=CN2CC1. The minimum Gasteiger partial charge on any atom is -0.479 e. The van der Waals surface area contributed by atoms with Crippen molar-refractivity contribution < 1.29 is 23.0 Å². The first-order chi connectivity index (χ1) is 18.4. The number of ether oxygens (including phenoxy) is 2. The van der Waals surface area contributed by atoms with Gasteiger partial charge in [0.15, 0.2) is 17.5 Å². The van der Waals surface area contributed by atoms with Crippen LogP contribution in [-0.4, -0.2) is 71.2 Å². The summed E-state index contributed by atoms with van der Waals surface area (Å²) < 4.78 is 42.9. The number of amidine groups is 1. The Morgan fingerprint density at radius 1 is 1.26 bits per heavy atom. The zero-order valence-electron chi connectivity index (χ0n) is 21.3. The van der Waals surface area contributed by atoms with Gasteiger partial charge in [0.05, 0.1) is 32.1 Å². The highest BCUT2D eigenvalue weighted by Crippen LogP contribution is 2.43. The van der Waals surface area contributed by atoms with Crippen LogP contribution < -0.4 is 15.4 Å². The van der Waals surface area contributed by atoms with Crippen LogP contribution in [0.15, 0.2) is 41.1 Å². The van der Waals surface area contributed by atoms with E-state index in [1.807, 2.05) is 0 Å². The van der Waals surface area contributed by atoms with E-state index in [2.05, 4.69) is 25.7 Å². The van der Waals surface area contributed by atoms with Crippen molar-refractivity contribution in [1.82, 2.24) is 24.8 Å². The summed E-state index contributed by atoms with van der Waals surface area (Å²) >= 11 is 0. The van der Waals surface area contributed by atoms with Crippen molar-refractivity contribution in [2.24, 2.45) is 10.4 Å². The van der Waals surface area contributed by atoms with E-state index in [1.54, 1.807) is 11.1 Å². The normalized spacial score (nSPS) is 21.0. The van der Waals surface area contributed by atoms with Crippen LogP contribution in [0.3, 0.4) is 0 Å². The average molecular weight is 526 g/mol. The molecule has 6 rings (SSSR count). The van der Waals surface area contributed by atoms with Crippen LogP contribution in [0.5, 0.6) is 5.88 Å². The molecular weight excluding hydrogens is 496 g/mol. The second-order valence-corrected chi connectivity index (χ2v) is 10.2. The lowest BCUT2D eigenvalue weighted by Gasteiger charge is -2.46. The summed E-state index contributed by atoms with van der Waals surface area (Å²) in [6.07, 6.45) is 9.92. The van der Waals surface area contributed by atoms with Gasteiger partial charge in [-0.2, -0.15) is 4.98 Å². The number of aliphatic imine (C=N–C) groups is 1. The van der Waals surface area contributed by atoms with Gasteiger partial charge in [0.2, 0.25) is 17.7 Å². The van der Waals surface area contributed by atoms with Gasteiger partial charge in [0.1, 0.15) is 5.52 Å². The Balaban J connectivity index is 1.29. The zero-order chi connectivity index (χ0) is 26.4. The largest absolute Gasteiger partial charge is 0.479 e. The van der Waals surface area contributed by atoms with Crippen LogP contribution in [-0.2, 0) is 9.53 Å². The Morgan fingerprint density at radius 2 is 2.05 bits per heavy atom. The third-order valence-corrected chi connectivity index (χ3v) is 7.78. The third-order valence-electron chi connectivity index (χ3n) is 7.78. The summed E-state index contributed by atoms with van der Waals surface area (Å²) in [5.41, 5.74) is 1.46. The molecule has 0 radical (unpaired) electrons. The predicted molar refractivity (Wildman–Crippen MR) is 137 cm³/mol. The molecule has 1 amide bonds. The van der Waals surface area contributed by atoms with Gasteiger partial charge in [-0.25, -0.2) is 18.3 Å². The van der Waals surface area contributed by atoms with Crippen molar-refractivity contribution >= 4 is 28.8 Å². The van der Waals surface area contributed by atoms with Crippen molar-refractivity contribution in [2.75, 3.05) is 39.2 Å². The number of nitrogens with one attached hydrogen (secondary N) is 2. The van der Waals surface area contributed by atoms with E-state index in [9.17, 15) is 4.79 Å². The Kier molecular flexibility index (Phi) is 6.13. The molecule has 0 aromatic carbocycles. The molecule has 2 N–H and O–H groups in total. The highest BCUT2D eigenvalue weighted by molar-refractivity contribution is 6.05.